The number of nitrogens with one attached hydrogen (secondary N) is 2. The number of hydrogen-bond acceptors (Lipinski definition) is 4. The van der Waals surface area contributed by atoms with Crippen LogP contribution in [0.1, 0.15) is 12.7 Å². The van der Waals surface area contributed by atoms with Gasteiger partial charge in [-0.15, -0.1) is 10.2 Å². The van der Waals surface area contributed by atoms with Gasteiger partial charge in [-0.1, -0.05) is 40.9 Å². The van der Waals surface area contributed by atoms with E-state index >= 15 is 0 Å². The van der Waals surface area contributed by atoms with Gasteiger partial charge in [0.25, 0.3) is 0 Å². The van der Waals surface area contributed by atoms with Crippen molar-refractivity contribution in [2.45, 2.75) is 13.5 Å². The minimum absolute atomic E-state index is 0.347. The normalized spacial score (nSPS) is 11.6. The third-order valence-corrected chi connectivity index (χ3v) is 4.49. The molecule has 2 heterocycles. The van der Waals surface area contributed by atoms with Crippen LogP contribution in [0.2, 0.25) is 15.1 Å². The molecular weight excluding hydrogens is 423 g/mol. The van der Waals surface area contributed by atoms with Crippen LogP contribution in [0.3, 0.4) is 0 Å². The van der Waals surface area contributed by atoms with E-state index in [2.05, 4.69) is 25.8 Å². The molecule has 0 aliphatic rings. The number of guanidine groups is 1. The second-order valence-corrected chi connectivity index (χ2v) is 6.96. The van der Waals surface area contributed by atoms with Gasteiger partial charge in [-0.25, -0.2) is 4.99 Å². The van der Waals surface area contributed by atoms with Crippen LogP contribution in [0, 0.1) is 0 Å². The van der Waals surface area contributed by atoms with E-state index in [-0.39, 0.29) is 0 Å². The number of aromatic nitrogens is 3. The summed E-state index contributed by atoms with van der Waals surface area (Å²) in [5.41, 5.74) is 0.788. The van der Waals surface area contributed by atoms with Crippen LogP contribution >= 0.6 is 34.8 Å². The zero-order chi connectivity index (χ0) is 19.9. The summed E-state index contributed by atoms with van der Waals surface area (Å²) in [5.74, 6) is 1.81. The van der Waals surface area contributed by atoms with E-state index in [4.69, 9.17) is 39.5 Å². The Bertz CT molecular complexity index is 952. The summed E-state index contributed by atoms with van der Waals surface area (Å²) < 4.78 is 7.57. The molecule has 0 spiro atoms. The van der Waals surface area contributed by atoms with E-state index in [9.17, 15) is 0 Å². The highest BCUT2D eigenvalue weighted by atomic mass is 35.5. The van der Waals surface area contributed by atoms with Crippen LogP contribution in [0.4, 0.5) is 0 Å². The van der Waals surface area contributed by atoms with Crippen molar-refractivity contribution in [3.05, 3.63) is 57.4 Å². The van der Waals surface area contributed by atoms with Gasteiger partial charge in [0.15, 0.2) is 23.2 Å². The second-order valence-electron chi connectivity index (χ2n) is 5.71. The molecule has 148 valence electrons. The van der Waals surface area contributed by atoms with Crippen molar-refractivity contribution in [3.8, 4) is 5.75 Å². The Hall–Kier alpha value is -2.22. The first-order valence-corrected chi connectivity index (χ1v) is 9.80. The molecule has 0 saturated heterocycles. The number of rotatable bonds is 7. The smallest absolute Gasteiger partial charge is 0.191 e. The third-order valence-electron chi connectivity index (χ3n) is 3.71. The number of ether oxygens (including phenoxy) is 1. The Balaban J connectivity index is 1.57. The fourth-order valence-electron chi connectivity index (χ4n) is 2.48. The quantitative estimate of drug-likeness (QED) is 0.331. The molecule has 3 rings (SSSR count). The van der Waals surface area contributed by atoms with Crippen LogP contribution < -0.4 is 15.4 Å². The summed E-state index contributed by atoms with van der Waals surface area (Å²) >= 11 is 18.1. The summed E-state index contributed by atoms with van der Waals surface area (Å²) in [4.78, 5) is 4.54. The predicted molar refractivity (Wildman–Crippen MR) is 113 cm³/mol. The first-order valence-electron chi connectivity index (χ1n) is 8.66. The number of pyridine rings is 1. The minimum Gasteiger partial charge on any atom is -0.489 e. The molecule has 0 radical (unpaired) electrons. The maximum atomic E-state index is 6.11. The lowest BCUT2D eigenvalue weighted by Gasteiger charge is -2.13. The highest BCUT2D eigenvalue weighted by Crippen LogP contribution is 2.35. The summed E-state index contributed by atoms with van der Waals surface area (Å²) in [7, 11) is 0. The number of hydrogen-bond donors (Lipinski definition) is 2. The van der Waals surface area contributed by atoms with Gasteiger partial charge in [0.2, 0.25) is 0 Å². The standard InChI is InChI=1S/C18H19Cl3N6O/c1-2-22-18(24-11-16-26-25-15-5-3-4-7-27(15)16)23-6-8-28-17-13(20)9-12(19)10-14(17)21/h3-5,7,9-10H,2,6,8,11H2,1H3,(H2,22,23,24). The summed E-state index contributed by atoms with van der Waals surface area (Å²) in [6.45, 7) is 3.95. The number of aliphatic imine (C=N–C) groups is 1. The van der Waals surface area contributed by atoms with Crippen molar-refractivity contribution < 1.29 is 4.74 Å². The van der Waals surface area contributed by atoms with Crippen LogP contribution in [0.5, 0.6) is 5.75 Å². The van der Waals surface area contributed by atoms with E-state index in [0.717, 1.165) is 18.0 Å². The Kier molecular flexibility index (Phi) is 7.19. The lowest BCUT2D eigenvalue weighted by atomic mass is 10.3. The summed E-state index contributed by atoms with van der Waals surface area (Å²) in [6.07, 6.45) is 1.91. The summed E-state index contributed by atoms with van der Waals surface area (Å²) in [6, 6.07) is 8.92. The molecule has 0 fully saturated rings. The molecule has 3 aromatic rings. The molecule has 0 unspecified atom stereocenters. The van der Waals surface area contributed by atoms with Crippen molar-refractivity contribution in [1.29, 1.82) is 0 Å². The molecule has 0 saturated carbocycles. The molecule has 0 aliphatic carbocycles. The number of benzene rings is 1. The van der Waals surface area contributed by atoms with E-state index in [1.807, 2.05) is 35.7 Å². The number of fused-ring (bicyclic) bond motifs is 1. The van der Waals surface area contributed by atoms with Crippen LogP contribution in [0.15, 0.2) is 41.5 Å². The fourth-order valence-corrected chi connectivity index (χ4v) is 3.41. The average molecular weight is 442 g/mol. The van der Waals surface area contributed by atoms with Gasteiger partial charge >= 0.3 is 0 Å². The van der Waals surface area contributed by atoms with Gasteiger partial charge in [-0.05, 0) is 31.2 Å². The van der Waals surface area contributed by atoms with Gasteiger partial charge in [0.05, 0.1) is 16.6 Å². The van der Waals surface area contributed by atoms with Gasteiger partial charge in [0, 0.05) is 17.8 Å². The molecule has 0 amide bonds. The first-order chi connectivity index (χ1) is 13.6. The van der Waals surface area contributed by atoms with Crippen LogP contribution in [0.25, 0.3) is 5.65 Å². The molecule has 0 aliphatic heterocycles. The zero-order valence-corrected chi connectivity index (χ0v) is 17.4. The van der Waals surface area contributed by atoms with E-state index in [1.54, 1.807) is 12.1 Å². The van der Waals surface area contributed by atoms with E-state index in [0.29, 0.717) is 46.5 Å². The zero-order valence-electron chi connectivity index (χ0n) is 15.1. The Morgan fingerprint density at radius 2 is 1.93 bits per heavy atom. The van der Waals surface area contributed by atoms with Crippen molar-refractivity contribution in [3.63, 3.8) is 0 Å². The topological polar surface area (TPSA) is 75.8 Å². The maximum absolute atomic E-state index is 6.11. The second kappa shape index (κ2) is 9.82. The van der Waals surface area contributed by atoms with E-state index < -0.39 is 0 Å². The lowest BCUT2D eigenvalue weighted by molar-refractivity contribution is 0.322. The SMILES string of the molecule is CCNC(=NCc1nnc2ccccn12)NCCOc1c(Cl)cc(Cl)cc1Cl. The molecular formula is C18H19Cl3N6O. The monoisotopic (exact) mass is 440 g/mol. The van der Waals surface area contributed by atoms with Crippen molar-refractivity contribution in [2.24, 2.45) is 4.99 Å². The molecule has 1 aromatic carbocycles. The van der Waals surface area contributed by atoms with Gasteiger partial charge < -0.3 is 15.4 Å². The molecule has 0 bridgehead atoms. The minimum atomic E-state index is 0.347. The largest absolute Gasteiger partial charge is 0.489 e. The summed E-state index contributed by atoms with van der Waals surface area (Å²) in [5, 5.41) is 15.9. The molecule has 10 heteroatoms. The highest BCUT2D eigenvalue weighted by Gasteiger charge is 2.09. The number of halogens is 3. The first kappa shape index (κ1) is 20.5. The Labute approximate surface area is 177 Å². The predicted octanol–water partition coefficient (Wildman–Crippen LogP) is 3.82. The Morgan fingerprint density at radius 1 is 1.14 bits per heavy atom. The average Bonchev–Trinajstić information content (AvgIpc) is 3.08. The Morgan fingerprint density at radius 3 is 2.68 bits per heavy atom. The molecule has 0 atom stereocenters. The van der Waals surface area contributed by atoms with E-state index in [1.165, 1.54) is 0 Å². The van der Waals surface area contributed by atoms with Gasteiger partial charge in [-0.2, -0.15) is 0 Å². The van der Waals surface area contributed by atoms with Crippen molar-refractivity contribution >= 4 is 46.4 Å². The van der Waals surface area contributed by atoms with Crippen molar-refractivity contribution in [1.82, 2.24) is 25.2 Å². The van der Waals surface area contributed by atoms with Gasteiger partial charge in [0.1, 0.15) is 13.2 Å². The fraction of sp³-hybridized carbons (Fsp3) is 0.278. The van der Waals surface area contributed by atoms with Crippen molar-refractivity contribution in [2.75, 3.05) is 19.7 Å². The molecule has 7 nitrogen and oxygen atoms in total. The van der Waals surface area contributed by atoms with Gasteiger partial charge in [-0.3, -0.25) is 4.40 Å². The maximum Gasteiger partial charge on any atom is 0.191 e. The van der Waals surface area contributed by atoms with Crippen LogP contribution in [-0.4, -0.2) is 40.3 Å². The lowest BCUT2D eigenvalue weighted by Crippen LogP contribution is -2.39. The number of nitrogens with zero attached hydrogens (tertiary/aromatic N) is 4. The third kappa shape index (κ3) is 5.19. The molecule has 2 aromatic heterocycles. The molecule has 28 heavy (non-hydrogen) atoms. The van der Waals surface area contributed by atoms with Crippen LogP contribution in [-0.2, 0) is 6.54 Å². The highest BCUT2D eigenvalue weighted by molar-refractivity contribution is 6.40. The molecule has 2 N–H and O–H groups in total.